The largest absolute Gasteiger partial charge is 0.477 e. The topological polar surface area (TPSA) is 120 Å². The molecule has 13 heteroatoms. The summed E-state index contributed by atoms with van der Waals surface area (Å²) in [7, 11) is 0. The fraction of sp³-hybridized carbons (Fsp3) is 0.500. The van der Waals surface area contributed by atoms with E-state index in [2.05, 4.69) is 0 Å². The number of aromatic carboxylic acids is 1. The van der Waals surface area contributed by atoms with E-state index >= 15 is 0 Å². The van der Waals surface area contributed by atoms with E-state index in [1.165, 1.54) is 16.7 Å². The standard InChI is InChI=1S/C24H24F3N3O7/c25-24(26,27)18-3-1-2-15-17(18)11-36-12-19(15)30-20(31)16(21(32)33)10-29(22(30)34)14-6-4-13(5-7-14)28-8-9-37-23(28)35/h1-3,10,13-14,19H,4-9,11-12H2,(H,32,33)/t13-,14-,19-/m1/s1. The van der Waals surface area contributed by atoms with E-state index in [4.69, 9.17) is 9.47 Å². The molecule has 0 spiro atoms. The van der Waals surface area contributed by atoms with Crippen LogP contribution in [0.2, 0.25) is 0 Å². The van der Waals surface area contributed by atoms with Crippen molar-refractivity contribution in [2.24, 2.45) is 0 Å². The molecule has 3 aliphatic rings. The highest BCUT2D eigenvalue weighted by Gasteiger charge is 2.39. The predicted molar refractivity (Wildman–Crippen MR) is 121 cm³/mol. The molecule has 1 saturated heterocycles. The van der Waals surface area contributed by atoms with E-state index < -0.39 is 52.7 Å². The van der Waals surface area contributed by atoms with Crippen LogP contribution in [0.15, 0.2) is 34.0 Å². The van der Waals surface area contributed by atoms with Crippen molar-refractivity contribution in [1.82, 2.24) is 14.0 Å². The number of hydrogen-bond donors (Lipinski definition) is 1. The molecule has 2 fully saturated rings. The van der Waals surface area contributed by atoms with Crippen molar-refractivity contribution < 1.29 is 37.3 Å². The van der Waals surface area contributed by atoms with Crippen molar-refractivity contribution in [2.45, 2.75) is 56.6 Å². The molecule has 1 aliphatic carbocycles. The summed E-state index contributed by atoms with van der Waals surface area (Å²) in [6.07, 6.45) is -2.11. The highest BCUT2D eigenvalue weighted by Crippen LogP contribution is 2.38. The number of aromatic nitrogens is 2. The number of amides is 1. The van der Waals surface area contributed by atoms with Crippen molar-refractivity contribution in [3.05, 3.63) is 67.5 Å². The van der Waals surface area contributed by atoms with Crippen LogP contribution in [-0.4, -0.2) is 57.0 Å². The van der Waals surface area contributed by atoms with Crippen LogP contribution >= 0.6 is 0 Å². The number of cyclic esters (lactones) is 1. The van der Waals surface area contributed by atoms with E-state index in [9.17, 15) is 37.5 Å². The van der Waals surface area contributed by atoms with Gasteiger partial charge in [-0.15, -0.1) is 0 Å². The zero-order valence-corrected chi connectivity index (χ0v) is 19.6. The molecule has 10 nitrogen and oxygen atoms in total. The Morgan fingerprint density at radius 1 is 1.05 bits per heavy atom. The lowest BCUT2D eigenvalue weighted by Gasteiger charge is -2.34. The average Bonchev–Trinajstić information content (AvgIpc) is 3.29. The molecular formula is C24H24F3N3O7. The van der Waals surface area contributed by atoms with Gasteiger partial charge in [0.2, 0.25) is 0 Å². The monoisotopic (exact) mass is 523 g/mol. The van der Waals surface area contributed by atoms with Gasteiger partial charge in [0.15, 0.2) is 0 Å². The third kappa shape index (κ3) is 4.41. The quantitative estimate of drug-likeness (QED) is 0.655. The summed E-state index contributed by atoms with van der Waals surface area (Å²) in [4.78, 5) is 52.2. The van der Waals surface area contributed by atoms with Gasteiger partial charge in [0.1, 0.15) is 12.2 Å². The van der Waals surface area contributed by atoms with Crippen LogP contribution in [0, 0.1) is 0 Å². The molecule has 5 rings (SSSR count). The summed E-state index contributed by atoms with van der Waals surface area (Å²) in [5, 5.41) is 9.70. The Labute approximate surface area is 207 Å². The molecule has 37 heavy (non-hydrogen) atoms. The third-order valence-corrected chi connectivity index (χ3v) is 7.38. The highest BCUT2D eigenvalue weighted by molar-refractivity contribution is 5.86. The number of benzene rings is 1. The number of ether oxygens (including phenoxy) is 2. The molecule has 2 aliphatic heterocycles. The smallest absolute Gasteiger partial charge is 0.416 e. The van der Waals surface area contributed by atoms with Crippen LogP contribution in [0.3, 0.4) is 0 Å². The molecule has 1 amide bonds. The first-order valence-corrected chi connectivity index (χ1v) is 11.9. The number of carboxylic acids is 1. The van der Waals surface area contributed by atoms with Crippen molar-refractivity contribution in [3.8, 4) is 0 Å². The predicted octanol–water partition coefficient (Wildman–Crippen LogP) is 2.78. The second-order valence-corrected chi connectivity index (χ2v) is 9.39. The van der Waals surface area contributed by atoms with Gasteiger partial charge in [-0.1, -0.05) is 12.1 Å². The number of carbonyl (C=O) groups is 2. The molecule has 2 aromatic rings. The van der Waals surface area contributed by atoms with Crippen molar-refractivity contribution >= 4 is 12.1 Å². The molecule has 1 aromatic carbocycles. The van der Waals surface area contributed by atoms with E-state index in [-0.39, 0.29) is 30.4 Å². The molecule has 198 valence electrons. The Kier molecular flexibility index (Phi) is 6.34. The molecule has 0 bridgehead atoms. The fourth-order valence-electron chi connectivity index (χ4n) is 5.58. The summed E-state index contributed by atoms with van der Waals surface area (Å²) >= 11 is 0. The summed E-state index contributed by atoms with van der Waals surface area (Å²) < 4.78 is 53.1. The maximum atomic E-state index is 13.6. The number of carboxylic acid groups (broad SMARTS) is 1. The molecule has 0 unspecified atom stereocenters. The van der Waals surface area contributed by atoms with E-state index in [0.29, 0.717) is 43.4 Å². The Bertz CT molecular complexity index is 1360. The first-order valence-electron chi connectivity index (χ1n) is 11.9. The van der Waals surface area contributed by atoms with Crippen molar-refractivity contribution in [1.29, 1.82) is 0 Å². The molecule has 0 radical (unpaired) electrons. The molecule has 1 aromatic heterocycles. The lowest BCUT2D eigenvalue weighted by molar-refractivity contribution is -0.139. The van der Waals surface area contributed by atoms with Crippen LogP contribution in [-0.2, 0) is 22.3 Å². The number of rotatable bonds is 4. The second-order valence-electron chi connectivity index (χ2n) is 9.39. The molecule has 3 heterocycles. The zero-order chi connectivity index (χ0) is 26.5. The van der Waals surface area contributed by atoms with Crippen LogP contribution in [0.25, 0.3) is 0 Å². The summed E-state index contributed by atoms with van der Waals surface area (Å²) in [6.45, 7) is 0.164. The molecule has 1 atom stereocenters. The van der Waals surface area contributed by atoms with E-state index in [1.54, 1.807) is 4.90 Å². The van der Waals surface area contributed by atoms with Crippen molar-refractivity contribution in [3.63, 3.8) is 0 Å². The number of hydrogen-bond acceptors (Lipinski definition) is 6. The first-order chi connectivity index (χ1) is 17.6. The summed E-state index contributed by atoms with van der Waals surface area (Å²) in [6, 6.07) is 1.71. The fourth-order valence-corrected chi connectivity index (χ4v) is 5.58. The van der Waals surface area contributed by atoms with E-state index in [0.717, 1.165) is 12.3 Å². The molecule has 1 N–H and O–H groups in total. The number of fused-ring (bicyclic) bond motifs is 1. The van der Waals surface area contributed by atoms with Crippen LogP contribution in [0.5, 0.6) is 0 Å². The minimum atomic E-state index is -4.68. The van der Waals surface area contributed by atoms with Gasteiger partial charge in [-0.2, -0.15) is 13.2 Å². The van der Waals surface area contributed by atoms with Gasteiger partial charge in [0, 0.05) is 18.3 Å². The molecular weight excluding hydrogens is 499 g/mol. The lowest BCUT2D eigenvalue weighted by atomic mass is 9.90. The number of nitrogens with zero attached hydrogens (tertiary/aromatic N) is 3. The van der Waals surface area contributed by atoms with Gasteiger partial charge < -0.3 is 19.5 Å². The normalized spacial score (nSPS) is 24.0. The zero-order valence-electron chi connectivity index (χ0n) is 19.6. The Balaban J connectivity index is 1.55. The third-order valence-electron chi connectivity index (χ3n) is 7.38. The van der Waals surface area contributed by atoms with Gasteiger partial charge in [-0.25, -0.2) is 19.0 Å². The minimum Gasteiger partial charge on any atom is -0.477 e. The summed E-state index contributed by atoms with van der Waals surface area (Å²) in [5.41, 5.74) is -3.63. The van der Waals surface area contributed by atoms with E-state index in [1.807, 2.05) is 0 Å². The average molecular weight is 523 g/mol. The number of halogens is 3. The maximum absolute atomic E-state index is 13.6. The van der Waals surface area contributed by atoms with Gasteiger partial charge in [-0.3, -0.25) is 9.36 Å². The Morgan fingerprint density at radius 2 is 1.76 bits per heavy atom. The Hall–Kier alpha value is -3.61. The van der Waals surface area contributed by atoms with Gasteiger partial charge in [0.05, 0.1) is 31.4 Å². The highest BCUT2D eigenvalue weighted by atomic mass is 19.4. The molecule has 1 saturated carbocycles. The van der Waals surface area contributed by atoms with Crippen LogP contribution in [0.4, 0.5) is 18.0 Å². The number of alkyl halides is 3. The van der Waals surface area contributed by atoms with Crippen LogP contribution in [0.1, 0.15) is 64.8 Å². The van der Waals surface area contributed by atoms with Gasteiger partial charge in [0.25, 0.3) is 5.56 Å². The first kappa shape index (κ1) is 25.1. The van der Waals surface area contributed by atoms with Crippen LogP contribution < -0.4 is 11.2 Å². The second kappa shape index (κ2) is 9.36. The van der Waals surface area contributed by atoms with Crippen molar-refractivity contribution in [2.75, 3.05) is 19.8 Å². The van der Waals surface area contributed by atoms with Gasteiger partial charge >= 0.3 is 23.9 Å². The lowest BCUT2D eigenvalue weighted by Crippen LogP contribution is -2.48. The Morgan fingerprint density at radius 3 is 2.38 bits per heavy atom. The summed E-state index contributed by atoms with van der Waals surface area (Å²) in [5.74, 6) is -1.55. The minimum absolute atomic E-state index is 0.0776. The maximum Gasteiger partial charge on any atom is 0.416 e. The van der Waals surface area contributed by atoms with Gasteiger partial charge in [-0.05, 0) is 42.9 Å². The SMILES string of the molecule is O=C(O)c1cn([C@H]2CC[C@H](N3CCOC3=O)CC2)c(=O)n([C@@H]2COCc3c2cccc3C(F)(F)F)c1=O. The number of carbonyl (C=O) groups excluding carboxylic acids is 1.